The van der Waals surface area contributed by atoms with Gasteiger partial charge in [-0.05, 0) is 36.9 Å². The van der Waals surface area contributed by atoms with Crippen LogP contribution in [0.15, 0.2) is 60.4 Å². The summed E-state index contributed by atoms with van der Waals surface area (Å²) < 4.78 is 5.83. The summed E-state index contributed by atoms with van der Waals surface area (Å²) in [7, 11) is 0. The van der Waals surface area contributed by atoms with Crippen molar-refractivity contribution >= 4 is 11.9 Å². The summed E-state index contributed by atoms with van der Waals surface area (Å²) in [5, 5.41) is 10.3. The molecule has 0 bridgehead atoms. The fraction of sp³-hybridized carbons (Fsp3) is 0.227. The topological polar surface area (TPSA) is 49.8 Å². The number of benzene rings is 2. The van der Waals surface area contributed by atoms with Crippen LogP contribution in [0.2, 0.25) is 0 Å². The van der Waals surface area contributed by atoms with Gasteiger partial charge in [0.25, 0.3) is 0 Å². The van der Waals surface area contributed by atoms with Crippen LogP contribution >= 0.6 is 0 Å². The van der Waals surface area contributed by atoms with Crippen LogP contribution in [0.25, 0.3) is 6.08 Å². The minimum atomic E-state index is -0.154. The van der Waals surface area contributed by atoms with Gasteiger partial charge in [0.05, 0.1) is 11.1 Å². The van der Waals surface area contributed by atoms with Crippen molar-refractivity contribution in [3.05, 3.63) is 77.1 Å². The maximum absolute atomic E-state index is 12.6. The van der Waals surface area contributed by atoms with Crippen molar-refractivity contribution in [3.63, 3.8) is 0 Å². The number of hydrogen-bond donors (Lipinski definition) is 1. The van der Waals surface area contributed by atoms with Crippen molar-refractivity contribution < 1.29 is 14.6 Å². The number of aromatic hydroxyl groups is 1. The number of phenolic OH excluding ortho intramolecular Hbond substituents is 1. The molecule has 3 rings (SSSR count). The van der Waals surface area contributed by atoms with Crippen LogP contribution in [0.1, 0.15) is 35.3 Å². The van der Waals surface area contributed by atoms with E-state index in [0.717, 1.165) is 18.7 Å². The van der Waals surface area contributed by atoms with Gasteiger partial charge >= 0.3 is 0 Å². The predicted molar refractivity (Wildman–Crippen MR) is 103 cm³/mol. The smallest absolute Gasteiger partial charge is 0.231 e. The molecule has 0 fully saturated rings. The average molecular weight is 349 g/mol. The molecular formula is C22H23NO3. The lowest BCUT2D eigenvalue weighted by Gasteiger charge is -2.20. The third kappa shape index (κ3) is 3.70. The summed E-state index contributed by atoms with van der Waals surface area (Å²) in [5.41, 5.74) is 2.21. The second-order valence-corrected chi connectivity index (χ2v) is 6.13. The SMILES string of the molecule is CCN(CC)Cc1c(O)ccc2c1O/C(=C\C=C\c1ccccc1)C2=O. The number of ketones is 1. The Morgan fingerprint density at radius 3 is 2.50 bits per heavy atom. The summed E-state index contributed by atoms with van der Waals surface area (Å²) in [5.74, 6) is 0.753. The van der Waals surface area contributed by atoms with Gasteiger partial charge in [-0.15, -0.1) is 0 Å². The second-order valence-electron chi connectivity index (χ2n) is 6.13. The third-order valence-electron chi connectivity index (χ3n) is 4.53. The lowest BCUT2D eigenvalue weighted by Crippen LogP contribution is -2.22. The standard InChI is InChI=1S/C22H23NO3/c1-3-23(4-2)15-18-19(24)14-13-17-21(25)20(26-22(17)18)12-8-11-16-9-6-5-7-10-16/h5-14,24H,3-4,15H2,1-2H3/b11-8+,20-12-. The first-order chi connectivity index (χ1) is 12.6. The third-order valence-corrected chi connectivity index (χ3v) is 4.53. The van der Waals surface area contributed by atoms with Crippen molar-refractivity contribution in [1.82, 2.24) is 4.90 Å². The molecule has 134 valence electrons. The van der Waals surface area contributed by atoms with Gasteiger partial charge in [-0.3, -0.25) is 9.69 Å². The van der Waals surface area contributed by atoms with E-state index in [9.17, 15) is 9.90 Å². The number of allylic oxidation sites excluding steroid dienone is 3. The Balaban J connectivity index is 1.86. The summed E-state index contributed by atoms with van der Waals surface area (Å²) in [6.45, 7) is 6.39. The van der Waals surface area contributed by atoms with Crippen molar-refractivity contribution in [2.24, 2.45) is 0 Å². The van der Waals surface area contributed by atoms with Gasteiger partial charge in [0.15, 0.2) is 5.76 Å². The van der Waals surface area contributed by atoms with Crippen LogP contribution in [0.5, 0.6) is 11.5 Å². The van der Waals surface area contributed by atoms with Crippen LogP contribution in [0.3, 0.4) is 0 Å². The summed E-state index contributed by atoms with van der Waals surface area (Å²) in [6.07, 6.45) is 5.40. The molecule has 0 atom stereocenters. The van der Waals surface area contributed by atoms with E-state index in [1.807, 2.05) is 36.4 Å². The minimum Gasteiger partial charge on any atom is -0.507 e. The Bertz CT molecular complexity index is 849. The molecule has 26 heavy (non-hydrogen) atoms. The summed E-state index contributed by atoms with van der Waals surface area (Å²) in [4.78, 5) is 14.8. The number of phenols is 1. The molecule has 0 saturated heterocycles. The Hall–Kier alpha value is -2.85. The molecule has 4 heteroatoms. The highest BCUT2D eigenvalue weighted by atomic mass is 16.5. The van der Waals surface area contributed by atoms with Gasteiger partial charge < -0.3 is 9.84 Å². The molecule has 4 nitrogen and oxygen atoms in total. The molecule has 0 aromatic heterocycles. The normalized spacial score (nSPS) is 15.0. The highest BCUT2D eigenvalue weighted by molar-refractivity contribution is 6.12. The largest absolute Gasteiger partial charge is 0.507 e. The van der Waals surface area contributed by atoms with E-state index in [0.29, 0.717) is 23.4 Å². The molecule has 0 amide bonds. The van der Waals surface area contributed by atoms with Crippen LogP contribution in [0.4, 0.5) is 0 Å². The molecular weight excluding hydrogens is 326 g/mol. The van der Waals surface area contributed by atoms with E-state index in [2.05, 4.69) is 18.7 Å². The average Bonchev–Trinajstić information content (AvgIpc) is 2.98. The van der Waals surface area contributed by atoms with Crippen molar-refractivity contribution in [2.45, 2.75) is 20.4 Å². The molecule has 1 aliphatic rings. The molecule has 2 aromatic carbocycles. The van der Waals surface area contributed by atoms with E-state index >= 15 is 0 Å². The monoisotopic (exact) mass is 349 g/mol. The number of carbonyl (C=O) groups excluding carboxylic acids is 1. The zero-order valence-corrected chi connectivity index (χ0v) is 15.1. The zero-order chi connectivity index (χ0) is 18.5. The molecule has 0 spiro atoms. The zero-order valence-electron chi connectivity index (χ0n) is 15.1. The first-order valence-electron chi connectivity index (χ1n) is 8.87. The Labute approximate surface area is 154 Å². The number of ether oxygens (including phenoxy) is 1. The minimum absolute atomic E-state index is 0.154. The number of rotatable bonds is 6. The van der Waals surface area contributed by atoms with Crippen molar-refractivity contribution in [1.29, 1.82) is 0 Å². The number of fused-ring (bicyclic) bond motifs is 1. The van der Waals surface area contributed by atoms with Crippen LogP contribution in [-0.2, 0) is 6.54 Å². The maximum Gasteiger partial charge on any atom is 0.231 e. The second kappa shape index (κ2) is 8.02. The summed E-state index contributed by atoms with van der Waals surface area (Å²) in [6, 6.07) is 13.1. The molecule has 0 saturated carbocycles. The van der Waals surface area contributed by atoms with E-state index < -0.39 is 0 Å². The van der Waals surface area contributed by atoms with Crippen LogP contribution in [-0.4, -0.2) is 28.9 Å². The number of carbonyl (C=O) groups is 1. The first-order valence-corrected chi connectivity index (χ1v) is 8.87. The molecule has 0 unspecified atom stereocenters. The van der Waals surface area contributed by atoms with Gasteiger partial charge in [0.2, 0.25) is 5.78 Å². The van der Waals surface area contributed by atoms with E-state index in [-0.39, 0.29) is 17.3 Å². The number of nitrogens with zero attached hydrogens (tertiary/aromatic N) is 1. The first kappa shape index (κ1) is 18.0. The fourth-order valence-electron chi connectivity index (χ4n) is 2.95. The van der Waals surface area contributed by atoms with Crippen molar-refractivity contribution in [2.75, 3.05) is 13.1 Å². The van der Waals surface area contributed by atoms with Gasteiger partial charge in [0, 0.05) is 6.54 Å². The quantitative estimate of drug-likeness (QED) is 0.785. The van der Waals surface area contributed by atoms with E-state index in [1.54, 1.807) is 24.3 Å². The predicted octanol–water partition coefficient (Wildman–Crippen LogP) is 4.41. The summed E-state index contributed by atoms with van der Waals surface area (Å²) >= 11 is 0. The molecule has 2 aromatic rings. The van der Waals surface area contributed by atoms with Crippen molar-refractivity contribution in [3.8, 4) is 11.5 Å². The van der Waals surface area contributed by atoms with Crippen LogP contribution in [0, 0.1) is 0 Å². The van der Waals surface area contributed by atoms with Crippen LogP contribution < -0.4 is 4.74 Å². The Morgan fingerprint density at radius 2 is 1.81 bits per heavy atom. The Kier molecular flexibility index (Phi) is 5.54. The van der Waals surface area contributed by atoms with Gasteiger partial charge in [-0.25, -0.2) is 0 Å². The number of hydrogen-bond acceptors (Lipinski definition) is 4. The Morgan fingerprint density at radius 1 is 1.08 bits per heavy atom. The van der Waals surface area contributed by atoms with E-state index in [4.69, 9.17) is 4.74 Å². The molecule has 1 aliphatic heterocycles. The molecule has 1 N–H and O–H groups in total. The number of Topliss-reactive ketones (excluding diaryl/α,β-unsaturated/α-hetero) is 1. The molecule has 1 heterocycles. The lowest BCUT2D eigenvalue weighted by molar-refractivity contribution is 0.101. The van der Waals surface area contributed by atoms with Gasteiger partial charge in [0.1, 0.15) is 11.5 Å². The molecule has 0 aliphatic carbocycles. The van der Waals surface area contributed by atoms with Gasteiger partial charge in [-0.2, -0.15) is 0 Å². The maximum atomic E-state index is 12.6. The highest BCUT2D eigenvalue weighted by Gasteiger charge is 2.31. The van der Waals surface area contributed by atoms with E-state index in [1.165, 1.54) is 0 Å². The fourth-order valence-corrected chi connectivity index (χ4v) is 2.95. The lowest BCUT2D eigenvalue weighted by atomic mass is 10.0. The van der Waals surface area contributed by atoms with Gasteiger partial charge in [-0.1, -0.05) is 56.3 Å². The molecule has 0 radical (unpaired) electrons. The highest BCUT2D eigenvalue weighted by Crippen LogP contribution is 2.39.